The van der Waals surface area contributed by atoms with Gasteiger partial charge in [0, 0.05) is 12.8 Å². The fourth-order valence-electron chi connectivity index (χ4n) is 7.65. The predicted octanol–water partition coefficient (Wildman–Crippen LogP) is 18.8. The van der Waals surface area contributed by atoms with Crippen molar-refractivity contribution in [3.63, 3.8) is 0 Å². The molecule has 0 aromatic rings. The van der Waals surface area contributed by atoms with E-state index in [2.05, 4.69) is 160 Å². The molecule has 9 nitrogen and oxygen atoms in total. The number of carbonyl (C=O) groups is 2. The number of nitrogens with zero attached hydrogens (tertiary/aromatic N) is 1. The molecule has 0 N–H and O–H groups in total. The van der Waals surface area contributed by atoms with Crippen molar-refractivity contribution in [1.82, 2.24) is 0 Å². The lowest BCUT2D eigenvalue weighted by atomic mass is 10.1. The van der Waals surface area contributed by atoms with Gasteiger partial charge >= 0.3 is 11.9 Å². The molecule has 0 bridgehead atoms. The van der Waals surface area contributed by atoms with E-state index in [1.54, 1.807) is 0 Å². The average Bonchev–Trinajstić information content (AvgIpc) is 3.41. The van der Waals surface area contributed by atoms with Crippen LogP contribution in [0.1, 0.15) is 219 Å². The molecule has 0 saturated carbocycles. The molecule has 442 valence electrons. The molecule has 0 aliphatic carbocycles. The maximum absolute atomic E-state index is 12.8. The Morgan fingerprint density at radius 3 is 1.10 bits per heavy atom. The summed E-state index contributed by atoms with van der Waals surface area (Å²) in [6, 6.07) is 0. The maximum atomic E-state index is 12.8. The zero-order chi connectivity index (χ0) is 57.0. The second kappa shape index (κ2) is 57.6. The van der Waals surface area contributed by atoms with Crippen molar-refractivity contribution in [3.8, 4) is 0 Å². The molecule has 78 heavy (non-hydrogen) atoms. The zero-order valence-corrected chi connectivity index (χ0v) is 50.9. The minimum atomic E-state index is -4.65. The van der Waals surface area contributed by atoms with E-state index >= 15 is 0 Å². The van der Waals surface area contributed by atoms with Crippen LogP contribution in [-0.2, 0) is 32.7 Å². The largest absolute Gasteiger partial charge is 0.756 e. The van der Waals surface area contributed by atoms with Crippen LogP contribution in [-0.4, -0.2) is 70.0 Å². The summed E-state index contributed by atoms with van der Waals surface area (Å²) in [7, 11) is 1.13. The van der Waals surface area contributed by atoms with E-state index in [-0.39, 0.29) is 26.1 Å². The van der Waals surface area contributed by atoms with Gasteiger partial charge in [-0.05, 0) is 122 Å². The van der Waals surface area contributed by atoms with E-state index in [4.69, 9.17) is 18.5 Å². The number of allylic oxidation sites excluding steroid dienone is 24. The van der Waals surface area contributed by atoms with Crippen molar-refractivity contribution < 1.29 is 42.1 Å². The van der Waals surface area contributed by atoms with E-state index in [9.17, 15) is 19.0 Å². The Morgan fingerprint density at radius 2 is 0.731 bits per heavy atom. The molecule has 0 rings (SSSR count). The molecular weight excluding hydrogens is 990 g/mol. The van der Waals surface area contributed by atoms with Crippen LogP contribution in [0.3, 0.4) is 0 Å². The number of esters is 2. The van der Waals surface area contributed by atoms with Crippen molar-refractivity contribution in [2.45, 2.75) is 225 Å². The highest BCUT2D eigenvalue weighted by molar-refractivity contribution is 7.45. The first kappa shape index (κ1) is 73.9. The monoisotopic (exact) mass is 1100 g/mol. The van der Waals surface area contributed by atoms with Gasteiger partial charge < -0.3 is 27.9 Å². The Hall–Kier alpha value is -4.11. The summed E-state index contributed by atoms with van der Waals surface area (Å²) in [6.45, 7) is 4.06. The van der Waals surface area contributed by atoms with Gasteiger partial charge in [-0.3, -0.25) is 14.2 Å². The van der Waals surface area contributed by atoms with Crippen LogP contribution in [0.5, 0.6) is 0 Å². The van der Waals surface area contributed by atoms with Crippen LogP contribution >= 0.6 is 7.82 Å². The first-order valence-corrected chi connectivity index (χ1v) is 32.0. The number of unbranched alkanes of at least 4 members (excludes halogenated alkanes) is 16. The molecule has 2 unspecified atom stereocenters. The Bertz CT molecular complexity index is 1820. The Kier molecular flexibility index (Phi) is 54.5. The minimum absolute atomic E-state index is 0.0435. The summed E-state index contributed by atoms with van der Waals surface area (Å²) in [6.07, 6.45) is 84.7. The zero-order valence-electron chi connectivity index (χ0n) is 50.1. The lowest BCUT2D eigenvalue weighted by molar-refractivity contribution is -0.870. The third-order valence-electron chi connectivity index (χ3n) is 12.3. The lowest BCUT2D eigenvalue weighted by Crippen LogP contribution is -2.37. The topological polar surface area (TPSA) is 111 Å². The van der Waals surface area contributed by atoms with Crippen molar-refractivity contribution in [1.29, 1.82) is 0 Å². The van der Waals surface area contributed by atoms with Crippen molar-refractivity contribution in [2.75, 3.05) is 47.5 Å². The van der Waals surface area contributed by atoms with Crippen molar-refractivity contribution in [2.24, 2.45) is 0 Å². The van der Waals surface area contributed by atoms with Gasteiger partial charge in [-0.1, -0.05) is 230 Å². The van der Waals surface area contributed by atoms with Crippen LogP contribution in [0.4, 0.5) is 0 Å². The van der Waals surface area contributed by atoms with Crippen molar-refractivity contribution >= 4 is 19.8 Å². The molecule has 0 saturated heterocycles. The number of hydrogen-bond acceptors (Lipinski definition) is 8. The summed E-state index contributed by atoms with van der Waals surface area (Å²) >= 11 is 0. The van der Waals surface area contributed by atoms with Crippen LogP contribution in [0.15, 0.2) is 146 Å². The average molecular weight is 1100 g/mol. The molecule has 0 radical (unpaired) electrons. The maximum Gasteiger partial charge on any atom is 0.306 e. The van der Waals surface area contributed by atoms with Crippen LogP contribution in [0, 0.1) is 0 Å². The van der Waals surface area contributed by atoms with Crippen LogP contribution in [0.2, 0.25) is 0 Å². The molecule has 0 aliphatic rings. The SMILES string of the molecule is CC/C=C\C/C=C\C/C=C\C/C=C\C/C=C\C/C=C\C/C=C\C/C=C\C/C=C\C/C=C\C/C=C\CCCCCCCC(=O)OC(COC(=O)CCCCCCC/C=C\CCCCCCCC)COP(=O)([O-])OCC[N+](C)(C)C. The number of phosphoric ester groups is 1. The fourth-order valence-corrected chi connectivity index (χ4v) is 8.38. The summed E-state index contributed by atoms with van der Waals surface area (Å²) in [5.74, 6) is -0.875. The Balaban J connectivity index is 4.19. The molecule has 10 heteroatoms. The number of hydrogen-bond donors (Lipinski definition) is 0. The van der Waals surface area contributed by atoms with E-state index in [0.717, 1.165) is 135 Å². The van der Waals surface area contributed by atoms with Crippen LogP contribution < -0.4 is 4.89 Å². The number of carbonyl (C=O) groups excluding carboxylic acids is 2. The van der Waals surface area contributed by atoms with Gasteiger partial charge in [-0.15, -0.1) is 0 Å². The van der Waals surface area contributed by atoms with Gasteiger partial charge in [-0.25, -0.2) is 0 Å². The normalized spacial score (nSPS) is 14.3. The second-order valence-corrected chi connectivity index (χ2v) is 22.4. The standard InChI is InChI=1S/C68H112NO8P/c1-6-8-10-12-14-16-18-20-22-23-24-25-26-27-28-29-30-31-32-33-34-35-36-37-38-39-40-41-42-43-44-45-47-49-51-53-55-57-59-61-68(71)77-66(65-76-78(72,73)75-63-62-69(3,4)5)64-74-67(70)60-58-56-54-52-50-48-46-21-19-17-15-13-11-9-7-2/h8,10,14,16,20-22,24-25,27-28,30-31,33-34,36-37,39-40,42-43,45-47,66H,6-7,9,11-13,15,17-19,23,26,29,32,35,38,41,44,48-65H2,1-5H3/b10-8-,16-14-,22-20-,25-24-,28-27-,31-30-,34-33-,37-36-,40-39-,43-42-,46-21-,47-45-. The van der Waals surface area contributed by atoms with Gasteiger partial charge in [0.15, 0.2) is 6.10 Å². The number of likely N-dealkylation sites (N-methyl/N-ethyl adjacent to an activating group) is 1. The summed E-state index contributed by atoms with van der Waals surface area (Å²) in [4.78, 5) is 37.8. The molecule has 0 spiro atoms. The molecule has 0 amide bonds. The predicted molar refractivity (Wildman–Crippen MR) is 332 cm³/mol. The van der Waals surface area contributed by atoms with Crippen LogP contribution in [0.25, 0.3) is 0 Å². The van der Waals surface area contributed by atoms with E-state index < -0.39 is 32.5 Å². The van der Waals surface area contributed by atoms with Gasteiger partial charge in [0.2, 0.25) is 0 Å². The van der Waals surface area contributed by atoms with Gasteiger partial charge in [-0.2, -0.15) is 0 Å². The summed E-state index contributed by atoms with van der Waals surface area (Å²) < 4.78 is 34.1. The van der Waals surface area contributed by atoms with E-state index in [1.807, 2.05) is 21.1 Å². The molecule has 0 aliphatic heterocycles. The van der Waals surface area contributed by atoms with Gasteiger partial charge in [0.25, 0.3) is 7.82 Å². The number of quaternary nitrogens is 1. The number of phosphoric acid groups is 1. The molecule has 0 heterocycles. The molecule has 0 aromatic carbocycles. The minimum Gasteiger partial charge on any atom is -0.756 e. The van der Waals surface area contributed by atoms with E-state index in [0.29, 0.717) is 23.9 Å². The van der Waals surface area contributed by atoms with Crippen molar-refractivity contribution in [3.05, 3.63) is 146 Å². The highest BCUT2D eigenvalue weighted by Gasteiger charge is 2.21. The smallest absolute Gasteiger partial charge is 0.306 e. The molecule has 2 atom stereocenters. The van der Waals surface area contributed by atoms with Gasteiger partial charge in [0.1, 0.15) is 19.8 Å². The quantitative estimate of drug-likeness (QED) is 0.0195. The third-order valence-corrected chi connectivity index (χ3v) is 13.3. The molecule has 0 aromatic heterocycles. The second-order valence-electron chi connectivity index (χ2n) is 21.0. The summed E-state index contributed by atoms with van der Waals surface area (Å²) in [5.41, 5.74) is 0. The number of ether oxygens (including phenoxy) is 2. The van der Waals surface area contributed by atoms with Gasteiger partial charge in [0.05, 0.1) is 27.7 Å². The first-order valence-electron chi connectivity index (χ1n) is 30.5. The fraction of sp³-hybridized carbons (Fsp3) is 0.618. The third kappa shape index (κ3) is 61.1. The highest BCUT2D eigenvalue weighted by Crippen LogP contribution is 2.38. The lowest BCUT2D eigenvalue weighted by Gasteiger charge is -2.28. The first-order chi connectivity index (χ1) is 38.0. The Labute approximate surface area is 478 Å². The molecule has 0 fully saturated rings. The molecular formula is C68H112NO8P. The number of rotatable bonds is 54. The Morgan fingerprint density at radius 1 is 0.410 bits per heavy atom. The highest BCUT2D eigenvalue weighted by atomic mass is 31.2. The summed E-state index contributed by atoms with van der Waals surface area (Å²) in [5, 5.41) is 0. The van der Waals surface area contributed by atoms with E-state index in [1.165, 1.54) is 44.9 Å².